The van der Waals surface area contributed by atoms with Crippen LogP contribution in [0, 0.1) is 0 Å². The van der Waals surface area contributed by atoms with E-state index >= 15 is 0 Å². The number of ketones is 1. The van der Waals surface area contributed by atoms with Crippen molar-refractivity contribution in [2.45, 2.75) is 89.9 Å². The molecule has 0 aromatic rings. The number of hydrogen-bond acceptors (Lipinski definition) is 4. The molecule has 0 aromatic heterocycles. The summed E-state index contributed by atoms with van der Waals surface area (Å²) in [5.41, 5.74) is -1.22. The third-order valence-corrected chi connectivity index (χ3v) is 4.01. The van der Waals surface area contributed by atoms with E-state index < -0.39 is 21.5 Å². The lowest BCUT2D eigenvalue weighted by Gasteiger charge is -2.37. The molecule has 0 aliphatic rings. The lowest BCUT2D eigenvalue weighted by atomic mass is 9.89. The average Bonchev–Trinajstić information content (AvgIpc) is 2.34. The number of carbonyl (C=O) groups excluding carboxylic acids is 2. The number of esters is 1. The fourth-order valence-electron chi connectivity index (χ4n) is 2.48. The SMILES string of the molecule is C=C(C)C(=O)OC(C)(C)CC(C)OC(C)(CC)C(=O)C(C)(C)Br. The number of halogens is 1. The molecule has 5 heteroatoms. The molecular weight excluding hydrogens is 360 g/mol. The molecule has 0 aromatic carbocycles. The van der Waals surface area contributed by atoms with E-state index in [1.807, 2.05) is 48.5 Å². The van der Waals surface area contributed by atoms with Crippen molar-refractivity contribution in [2.75, 3.05) is 0 Å². The molecule has 134 valence electrons. The largest absolute Gasteiger partial charge is 0.456 e. The van der Waals surface area contributed by atoms with Gasteiger partial charge in [-0.25, -0.2) is 4.79 Å². The fraction of sp³-hybridized carbons (Fsp3) is 0.778. The van der Waals surface area contributed by atoms with Gasteiger partial charge in [0.1, 0.15) is 11.2 Å². The number of rotatable bonds is 9. The zero-order chi connectivity index (χ0) is 18.6. The topological polar surface area (TPSA) is 52.6 Å². The van der Waals surface area contributed by atoms with Crippen LogP contribution < -0.4 is 0 Å². The highest BCUT2D eigenvalue weighted by molar-refractivity contribution is 9.10. The molecule has 0 amide bonds. The van der Waals surface area contributed by atoms with Crippen molar-refractivity contribution >= 4 is 27.7 Å². The van der Waals surface area contributed by atoms with Crippen LogP contribution >= 0.6 is 15.9 Å². The zero-order valence-electron chi connectivity index (χ0n) is 15.7. The highest BCUT2D eigenvalue weighted by Crippen LogP contribution is 2.31. The molecule has 0 radical (unpaired) electrons. The Morgan fingerprint density at radius 3 is 2.00 bits per heavy atom. The van der Waals surface area contributed by atoms with Gasteiger partial charge in [0.2, 0.25) is 0 Å². The van der Waals surface area contributed by atoms with Crippen molar-refractivity contribution in [2.24, 2.45) is 0 Å². The van der Waals surface area contributed by atoms with Gasteiger partial charge in [-0.3, -0.25) is 4.79 Å². The molecule has 0 aliphatic heterocycles. The smallest absolute Gasteiger partial charge is 0.333 e. The Morgan fingerprint density at radius 2 is 1.65 bits per heavy atom. The van der Waals surface area contributed by atoms with E-state index in [0.717, 1.165) is 0 Å². The van der Waals surface area contributed by atoms with Gasteiger partial charge in [0.15, 0.2) is 5.78 Å². The molecule has 0 aliphatic carbocycles. The lowest BCUT2D eigenvalue weighted by Crippen LogP contribution is -2.49. The molecule has 4 nitrogen and oxygen atoms in total. The maximum atomic E-state index is 12.6. The summed E-state index contributed by atoms with van der Waals surface area (Å²) in [6.07, 6.45) is 0.807. The zero-order valence-corrected chi connectivity index (χ0v) is 17.3. The Kier molecular flexibility index (Phi) is 7.69. The van der Waals surface area contributed by atoms with E-state index in [-0.39, 0.29) is 11.9 Å². The Bertz CT molecular complexity index is 462. The Morgan fingerprint density at radius 1 is 1.17 bits per heavy atom. The van der Waals surface area contributed by atoms with Crippen LogP contribution in [0.3, 0.4) is 0 Å². The van der Waals surface area contributed by atoms with Gasteiger partial charge in [0.05, 0.1) is 10.4 Å². The number of hydrogen-bond donors (Lipinski definition) is 0. The minimum atomic E-state index is -0.888. The van der Waals surface area contributed by atoms with Gasteiger partial charge in [-0.15, -0.1) is 0 Å². The van der Waals surface area contributed by atoms with Crippen LogP contribution in [0.5, 0.6) is 0 Å². The highest BCUT2D eigenvalue weighted by atomic mass is 79.9. The maximum absolute atomic E-state index is 12.6. The summed E-state index contributed by atoms with van der Waals surface area (Å²) in [5, 5.41) is 0. The van der Waals surface area contributed by atoms with Crippen molar-refractivity contribution in [3.63, 3.8) is 0 Å². The van der Waals surface area contributed by atoms with Gasteiger partial charge in [-0.1, -0.05) is 29.4 Å². The summed E-state index contributed by atoms with van der Waals surface area (Å²) in [6.45, 7) is 18.1. The first-order chi connectivity index (χ1) is 10.1. The molecule has 0 rings (SSSR count). The molecule has 0 N–H and O–H groups in total. The van der Waals surface area contributed by atoms with E-state index in [0.29, 0.717) is 18.4 Å². The second-order valence-electron chi connectivity index (χ2n) is 7.45. The molecule has 2 unspecified atom stereocenters. The Balaban J connectivity index is 4.97. The van der Waals surface area contributed by atoms with Gasteiger partial charge in [-0.2, -0.15) is 0 Å². The Hall–Kier alpha value is -0.680. The molecule has 0 bridgehead atoms. The van der Waals surface area contributed by atoms with E-state index in [1.165, 1.54) is 0 Å². The number of Topliss-reactive ketones (excluding diaryl/α,β-unsaturated/α-hetero) is 1. The first-order valence-corrected chi connectivity index (χ1v) is 8.74. The summed E-state index contributed by atoms with van der Waals surface area (Å²) in [5.74, 6) is -0.422. The van der Waals surface area contributed by atoms with E-state index in [2.05, 4.69) is 22.5 Å². The standard InChI is InChI=1S/C18H31BrO4/c1-10-18(9,15(21)17(7,8)19)22-13(4)11-16(5,6)23-14(20)12(2)3/h13H,2,10-11H2,1,3-9H3. The van der Waals surface area contributed by atoms with E-state index in [1.54, 1.807) is 6.92 Å². The number of ether oxygens (including phenoxy) is 2. The summed E-state index contributed by atoms with van der Waals surface area (Å²) in [7, 11) is 0. The van der Waals surface area contributed by atoms with Crippen molar-refractivity contribution in [3.05, 3.63) is 12.2 Å². The molecule has 0 saturated heterocycles. The summed E-state index contributed by atoms with van der Waals surface area (Å²) in [4.78, 5) is 24.3. The van der Waals surface area contributed by atoms with Crippen LogP contribution in [-0.4, -0.2) is 33.4 Å². The molecule has 0 fully saturated rings. The van der Waals surface area contributed by atoms with Crippen LogP contribution in [0.25, 0.3) is 0 Å². The van der Waals surface area contributed by atoms with Gasteiger partial charge >= 0.3 is 5.97 Å². The van der Waals surface area contributed by atoms with Crippen LogP contribution in [-0.2, 0) is 19.1 Å². The van der Waals surface area contributed by atoms with E-state index in [4.69, 9.17) is 9.47 Å². The number of carbonyl (C=O) groups is 2. The molecular formula is C18H31BrO4. The monoisotopic (exact) mass is 390 g/mol. The van der Waals surface area contributed by atoms with Crippen molar-refractivity contribution in [1.29, 1.82) is 0 Å². The predicted molar refractivity (Wildman–Crippen MR) is 96.9 cm³/mol. The van der Waals surface area contributed by atoms with Crippen molar-refractivity contribution < 1.29 is 19.1 Å². The second kappa shape index (κ2) is 7.93. The predicted octanol–water partition coefficient (Wildman–Crippen LogP) is 4.59. The summed E-state index contributed by atoms with van der Waals surface area (Å²) >= 11 is 3.41. The lowest BCUT2D eigenvalue weighted by molar-refractivity contribution is -0.165. The first-order valence-electron chi connectivity index (χ1n) is 7.95. The van der Waals surface area contributed by atoms with E-state index in [9.17, 15) is 9.59 Å². The van der Waals surface area contributed by atoms with Crippen LogP contribution in [0.4, 0.5) is 0 Å². The maximum Gasteiger partial charge on any atom is 0.333 e. The third-order valence-electron chi connectivity index (χ3n) is 3.65. The van der Waals surface area contributed by atoms with Gasteiger partial charge in [0.25, 0.3) is 0 Å². The van der Waals surface area contributed by atoms with Crippen LogP contribution in [0.2, 0.25) is 0 Å². The van der Waals surface area contributed by atoms with Crippen molar-refractivity contribution in [3.8, 4) is 0 Å². The van der Waals surface area contributed by atoms with Crippen LogP contribution in [0.15, 0.2) is 12.2 Å². The fourth-order valence-corrected chi connectivity index (χ4v) is 2.90. The second-order valence-corrected chi connectivity index (χ2v) is 9.43. The molecule has 2 atom stereocenters. The summed E-state index contributed by atoms with van der Waals surface area (Å²) < 4.78 is 10.8. The highest BCUT2D eigenvalue weighted by Gasteiger charge is 2.42. The van der Waals surface area contributed by atoms with Crippen molar-refractivity contribution in [1.82, 2.24) is 0 Å². The molecule has 0 heterocycles. The minimum absolute atomic E-state index is 0.00362. The molecule has 23 heavy (non-hydrogen) atoms. The number of alkyl halides is 1. The van der Waals surface area contributed by atoms with Crippen LogP contribution in [0.1, 0.15) is 68.2 Å². The Labute approximate surface area is 149 Å². The first kappa shape index (κ1) is 22.3. The average molecular weight is 391 g/mol. The van der Waals surface area contributed by atoms with Gasteiger partial charge in [-0.05, 0) is 54.9 Å². The quantitative estimate of drug-likeness (QED) is 0.328. The van der Waals surface area contributed by atoms with Gasteiger partial charge < -0.3 is 9.47 Å². The molecule has 0 saturated carbocycles. The summed E-state index contributed by atoms with van der Waals surface area (Å²) in [6, 6.07) is 0. The molecule has 0 spiro atoms. The third kappa shape index (κ3) is 7.17. The minimum Gasteiger partial charge on any atom is -0.456 e. The normalized spacial score (nSPS) is 16.4. The van der Waals surface area contributed by atoms with Gasteiger partial charge in [0, 0.05) is 12.0 Å².